The number of thioether (sulfide) groups is 1. The number of carboxylic acid groups (broad SMARTS) is 1. The van der Waals surface area contributed by atoms with Gasteiger partial charge in [-0.1, -0.05) is 0 Å². The summed E-state index contributed by atoms with van der Waals surface area (Å²) in [5, 5.41) is 12.6. The van der Waals surface area contributed by atoms with Crippen LogP contribution in [0.5, 0.6) is 0 Å². The number of hydrogen-bond donors (Lipinski definition) is 2. The van der Waals surface area contributed by atoms with Gasteiger partial charge in [0.2, 0.25) is 0 Å². The largest absolute Gasteiger partial charge is 0.480 e. The summed E-state index contributed by atoms with van der Waals surface area (Å²) in [6.07, 6.45) is 1.35. The van der Waals surface area contributed by atoms with Crippen molar-refractivity contribution in [2.75, 3.05) is 5.75 Å². The minimum absolute atomic E-state index is 0.214. The molecule has 0 aromatic heterocycles. The van der Waals surface area contributed by atoms with Gasteiger partial charge in [-0.15, -0.1) is 0 Å². The number of carboxylic acids is 1. The van der Waals surface area contributed by atoms with Crippen LogP contribution in [-0.4, -0.2) is 46.4 Å². The highest BCUT2D eigenvalue weighted by atomic mass is 32.2. The summed E-state index contributed by atoms with van der Waals surface area (Å²) < 4.78 is 5.74. The molecule has 5 atom stereocenters. The molecule has 0 spiro atoms. The van der Waals surface area contributed by atoms with Crippen molar-refractivity contribution in [3.8, 4) is 0 Å². The zero-order valence-electron chi connectivity index (χ0n) is 8.97. The summed E-state index contributed by atoms with van der Waals surface area (Å²) in [6, 6.07) is -0.114. The molecule has 5 unspecified atom stereocenters. The van der Waals surface area contributed by atoms with Gasteiger partial charge in [-0.25, -0.2) is 0 Å². The van der Waals surface area contributed by atoms with Gasteiger partial charge in [-0.2, -0.15) is 11.8 Å². The summed E-state index contributed by atoms with van der Waals surface area (Å²) in [4.78, 5) is 10.9. The zero-order chi connectivity index (χ0) is 11.0. The summed E-state index contributed by atoms with van der Waals surface area (Å²) in [6.45, 7) is 4.12. The van der Waals surface area contributed by atoms with Crippen LogP contribution in [0.25, 0.3) is 0 Å². The van der Waals surface area contributed by atoms with Crippen LogP contribution in [0, 0.1) is 0 Å². The third-order valence-corrected chi connectivity index (χ3v) is 4.68. The van der Waals surface area contributed by atoms with E-state index in [1.165, 1.54) is 0 Å². The van der Waals surface area contributed by atoms with E-state index in [0.717, 1.165) is 6.42 Å². The van der Waals surface area contributed by atoms with Crippen molar-refractivity contribution in [3.63, 3.8) is 0 Å². The summed E-state index contributed by atoms with van der Waals surface area (Å²) in [5.41, 5.74) is 0. The average molecular weight is 231 g/mol. The van der Waals surface area contributed by atoms with Crippen LogP contribution in [0.2, 0.25) is 0 Å². The van der Waals surface area contributed by atoms with E-state index < -0.39 is 12.0 Å². The van der Waals surface area contributed by atoms with Crippen LogP contribution < -0.4 is 5.32 Å². The van der Waals surface area contributed by atoms with Crippen LogP contribution in [0.1, 0.15) is 20.3 Å². The molecule has 2 fully saturated rings. The molecule has 0 aliphatic carbocycles. The molecule has 0 amide bonds. The van der Waals surface area contributed by atoms with Crippen molar-refractivity contribution in [3.05, 3.63) is 0 Å². The van der Waals surface area contributed by atoms with Crippen molar-refractivity contribution in [1.29, 1.82) is 0 Å². The van der Waals surface area contributed by atoms with Crippen molar-refractivity contribution in [2.24, 2.45) is 0 Å². The molecule has 0 aromatic rings. The second-order valence-corrected chi connectivity index (χ2v) is 5.56. The molecule has 0 aromatic carbocycles. The Morgan fingerprint density at radius 1 is 1.53 bits per heavy atom. The molecule has 2 rings (SSSR count). The third-order valence-electron chi connectivity index (χ3n) is 3.06. The SMILES string of the molecule is CC1CC2NC(C(=O)O)CSC2C(C)O1. The van der Waals surface area contributed by atoms with Gasteiger partial charge in [0.05, 0.1) is 12.2 Å². The molecule has 0 radical (unpaired) electrons. The fourth-order valence-electron chi connectivity index (χ4n) is 2.39. The Morgan fingerprint density at radius 3 is 2.93 bits per heavy atom. The monoisotopic (exact) mass is 231 g/mol. The molecule has 2 N–H and O–H groups in total. The lowest BCUT2D eigenvalue weighted by molar-refractivity contribution is -0.139. The quantitative estimate of drug-likeness (QED) is 0.696. The minimum atomic E-state index is -0.743. The van der Waals surface area contributed by atoms with E-state index in [-0.39, 0.29) is 18.2 Å². The number of nitrogens with one attached hydrogen (secondary N) is 1. The Hall–Kier alpha value is -0.260. The van der Waals surface area contributed by atoms with Crippen molar-refractivity contribution in [1.82, 2.24) is 5.32 Å². The first kappa shape index (κ1) is 11.2. The standard InChI is InChI=1S/C10H17NO3S/c1-5-3-7-9(6(2)14-5)15-4-8(11-7)10(12)13/h5-9,11H,3-4H2,1-2H3,(H,12,13). The highest BCUT2D eigenvalue weighted by molar-refractivity contribution is 8.00. The average Bonchev–Trinajstić information content (AvgIpc) is 2.16. The Bertz CT molecular complexity index is 261. The Balaban J connectivity index is 2.02. The van der Waals surface area contributed by atoms with Crippen molar-refractivity contribution < 1.29 is 14.6 Å². The number of rotatable bonds is 1. The van der Waals surface area contributed by atoms with Gasteiger partial charge in [-0.3, -0.25) is 10.1 Å². The summed E-state index contributed by atoms with van der Waals surface area (Å²) in [7, 11) is 0. The topological polar surface area (TPSA) is 58.6 Å². The lowest BCUT2D eigenvalue weighted by Crippen LogP contribution is -2.60. The fourth-order valence-corrected chi connectivity index (χ4v) is 3.80. The molecule has 15 heavy (non-hydrogen) atoms. The maximum atomic E-state index is 10.9. The van der Waals surface area contributed by atoms with Crippen LogP contribution in [0.4, 0.5) is 0 Å². The van der Waals surface area contributed by atoms with E-state index in [2.05, 4.69) is 12.2 Å². The Labute approximate surface area is 93.8 Å². The van der Waals surface area contributed by atoms with Gasteiger partial charge in [-0.05, 0) is 20.3 Å². The smallest absolute Gasteiger partial charge is 0.321 e. The van der Waals surface area contributed by atoms with E-state index >= 15 is 0 Å². The van der Waals surface area contributed by atoms with E-state index in [1.807, 2.05) is 6.92 Å². The van der Waals surface area contributed by atoms with Gasteiger partial charge >= 0.3 is 5.97 Å². The van der Waals surface area contributed by atoms with Crippen molar-refractivity contribution in [2.45, 2.75) is 49.8 Å². The first-order valence-electron chi connectivity index (χ1n) is 5.34. The molecule has 2 aliphatic heterocycles. The second-order valence-electron chi connectivity index (χ2n) is 4.35. The predicted octanol–water partition coefficient (Wildman–Crippen LogP) is 0.710. The normalized spacial score (nSPS) is 45.9. The van der Waals surface area contributed by atoms with Crippen molar-refractivity contribution >= 4 is 17.7 Å². The lowest BCUT2D eigenvalue weighted by Gasteiger charge is -2.44. The highest BCUT2D eigenvalue weighted by Gasteiger charge is 2.41. The number of aliphatic carboxylic acids is 1. The van der Waals surface area contributed by atoms with Gasteiger partial charge in [0, 0.05) is 17.0 Å². The Kier molecular flexibility index (Phi) is 3.23. The van der Waals surface area contributed by atoms with Gasteiger partial charge < -0.3 is 9.84 Å². The first-order valence-corrected chi connectivity index (χ1v) is 6.38. The third kappa shape index (κ3) is 2.29. The number of fused-ring (bicyclic) bond motifs is 1. The van der Waals surface area contributed by atoms with E-state index in [9.17, 15) is 4.79 Å². The zero-order valence-corrected chi connectivity index (χ0v) is 9.79. The van der Waals surface area contributed by atoms with Crippen LogP contribution >= 0.6 is 11.8 Å². The Morgan fingerprint density at radius 2 is 2.27 bits per heavy atom. The van der Waals surface area contributed by atoms with Gasteiger partial charge in [0.25, 0.3) is 0 Å². The molecule has 2 aliphatic rings. The molecule has 5 heteroatoms. The molecule has 2 heterocycles. The van der Waals surface area contributed by atoms with Crippen LogP contribution in [0.3, 0.4) is 0 Å². The van der Waals surface area contributed by atoms with E-state index in [1.54, 1.807) is 11.8 Å². The second kappa shape index (κ2) is 4.31. The molecule has 2 saturated heterocycles. The number of carbonyl (C=O) groups is 1. The molecular formula is C10H17NO3S. The van der Waals surface area contributed by atoms with Crippen LogP contribution in [0.15, 0.2) is 0 Å². The summed E-state index contributed by atoms with van der Waals surface area (Å²) >= 11 is 1.73. The first-order chi connectivity index (χ1) is 7.08. The lowest BCUT2D eigenvalue weighted by atomic mass is 9.98. The maximum absolute atomic E-state index is 10.9. The maximum Gasteiger partial charge on any atom is 0.321 e. The highest BCUT2D eigenvalue weighted by Crippen LogP contribution is 2.33. The van der Waals surface area contributed by atoms with Gasteiger partial charge in [0.1, 0.15) is 6.04 Å². The molecular weight excluding hydrogens is 214 g/mol. The van der Waals surface area contributed by atoms with E-state index in [0.29, 0.717) is 11.0 Å². The molecule has 0 bridgehead atoms. The number of ether oxygens (including phenoxy) is 1. The molecule has 86 valence electrons. The van der Waals surface area contributed by atoms with Crippen LogP contribution in [-0.2, 0) is 9.53 Å². The fraction of sp³-hybridized carbons (Fsp3) is 0.900. The molecule has 4 nitrogen and oxygen atoms in total. The number of hydrogen-bond acceptors (Lipinski definition) is 4. The molecule has 0 saturated carbocycles. The van der Waals surface area contributed by atoms with E-state index in [4.69, 9.17) is 9.84 Å². The van der Waals surface area contributed by atoms with Gasteiger partial charge in [0.15, 0.2) is 0 Å². The predicted molar refractivity (Wildman–Crippen MR) is 59.2 cm³/mol. The summed E-state index contributed by atoms with van der Waals surface area (Å²) in [5.74, 6) is -0.105. The minimum Gasteiger partial charge on any atom is -0.480 e.